The number of alkyl halides is 3. The fraction of sp³-hybridized carbons (Fsp3) is 0.237. The van der Waals surface area contributed by atoms with Gasteiger partial charge in [-0.15, -0.1) is 12.2 Å². The van der Waals surface area contributed by atoms with Crippen molar-refractivity contribution in [3.8, 4) is 5.69 Å². The van der Waals surface area contributed by atoms with Crippen molar-refractivity contribution in [1.29, 1.82) is 0 Å². The molecular formula is C38H32F3N3O3-2. The van der Waals surface area contributed by atoms with E-state index in [9.17, 15) is 28.2 Å². The van der Waals surface area contributed by atoms with Crippen molar-refractivity contribution in [3.63, 3.8) is 0 Å². The predicted molar refractivity (Wildman–Crippen MR) is 170 cm³/mol. The molecule has 1 aliphatic carbocycles. The van der Waals surface area contributed by atoms with Crippen LogP contribution in [-0.4, -0.2) is 29.0 Å². The molecule has 240 valence electrons. The van der Waals surface area contributed by atoms with E-state index in [-0.39, 0.29) is 5.69 Å². The maximum Gasteiger partial charge on any atom is 0.433 e. The minimum atomic E-state index is -4.97. The van der Waals surface area contributed by atoms with E-state index in [1.54, 1.807) is 24.3 Å². The minimum absolute atomic E-state index is 0.175. The predicted octanol–water partition coefficient (Wildman–Crippen LogP) is 5.11. The number of nitrogens with one attached hydrogen (secondary N) is 1. The Morgan fingerprint density at radius 2 is 1.30 bits per heavy atom. The van der Waals surface area contributed by atoms with Crippen molar-refractivity contribution in [2.24, 2.45) is 5.92 Å². The molecule has 0 bridgehead atoms. The molecular weight excluding hydrogens is 603 g/mol. The number of aromatic amines is 1. The van der Waals surface area contributed by atoms with E-state index in [0.29, 0.717) is 12.8 Å². The number of hydrogen-bond acceptors (Lipinski definition) is 4. The van der Waals surface area contributed by atoms with Crippen molar-refractivity contribution < 1.29 is 23.4 Å². The average molecular weight is 636 g/mol. The smallest absolute Gasteiger partial charge is 0.433 e. The van der Waals surface area contributed by atoms with Gasteiger partial charge in [0.05, 0.1) is 11.3 Å². The zero-order valence-electron chi connectivity index (χ0n) is 25.5. The van der Waals surface area contributed by atoms with Crippen LogP contribution in [0.5, 0.6) is 0 Å². The van der Waals surface area contributed by atoms with Crippen molar-refractivity contribution >= 4 is 5.69 Å². The number of aromatic nitrogens is 2. The van der Waals surface area contributed by atoms with E-state index in [1.807, 2.05) is 90.8 Å². The van der Waals surface area contributed by atoms with Crippen LogP contribution in [0.1, 0.15) is 33.9 Å². The largest absolute Gasteiger partial charge is 0.851 e. The van der Waals surface area contributed by atoms with Crippen molar-refractivity contribution in [2.75, 3.05) is 11.9 Å². The monoisotopic (exact) mass is 635 g/mol. The summed E-state index contributed by atoms with van der Waals surface area (Å²) >= 11 is 0. The van der Waals surface area contributed by atoms with E-state index < -0.39 is 52.5 Å². The molecule has 0 saturated heterocycles. The molecule has 7 rings (SSSR count). The number of anilines is 1. The lowest BCUT2D eigenvalue weighted by molar-refractivity contribution is -0.543. The molecule has 47 heavy (non-hydrogen) atoms. The normalized spacial score (nSPS) is 22.7. The Labute approximate surface area is 270 Å². The molecule has 5 aromatic rings. The third-order valence-corrected chi connectivity index (χ3v) is 9.70. The summed E-state index contributed by atoms with van der Waals surface area (Å²) in [5.74, 6) is -2.80. The van der Waals surface area contributed by atoms with Crippen molar-refractivity contribution in [1.82, 2.24) is 9.78 Å². The number of fused-ring (bicyclic) bond motifs is 1. The Morgan fingerprint density at radius 3 is 1.85 bits per heavy atom. The third-order valence-electron chi connectivity index (χ3n) is 9.70. The molecule has 0 radical (unpaired) electrons. The number of hydrogen-bond donors (Lipinski definition) is 1. The summed E-state index contributed by atoms with van der Waals surface area (Å²) in [5, 5.41) is 30.0. The molecule has 0 amide bonds. The molecule has 2 heterocycles. The van der Waals surface area contributed by atoms with Gasteiger partial charge in [0, 0.05) is 23.8 Å². The van der Waals surface area contributed by atoms with E-state index >= 15 is 0 Å². The zero-order chi connectivity index (χ0) is 32.9. The van der Waals surface area contributed by atoms with Crippen LogP contribution >= 0.6 is 0 Å². The van der Waals surface area contributed by atoms with E-state index in [1.165, 1.54) is 12.1 Å². The van der Waals surface area contributed by atoms with Crippen LogP contribution in [0, 0.1) is 5.92 Å². The standard InChI is InChI=1S/C38H32F3N3O3/c1-43-29-20-12-11-19-28(29)37(22-24-13-5-2-6-14-24,23-25-15-7-3-8-16-25)30(43)21-27-33(45)31(34(27)46)32-35(38(39,40)41)42-44(36(32)47)26-17-9-4-10-18-26/h2-21,27,31,33-34,42H,22-23H2,1H3/q-2. The first kappa shape index (κ1) is 30.8. The number of likely N-dealkylation sites (N-methyl/N-ethyl adjacent to an activating group) is 1. The summed E-state index contributed by atoms with van der Waals surface area (Å²) in [7, 11) is 1.89. The molecule has 0 spiro atoms. The summed E-state index contributed by atoms with van der Waals surface area (Å²) in [6.07, 6.45) is -5.64. The summed E-state index contributed by atoms with van der Waals surface area (Å²) in [6, 6.07) is 35.7. The Hall–Kier alpha value is -4.86. The van der Waals surface area contributed by atoms with E-state index in [0.717, 1.165) is 32.8 Å². The van der Waals surface area contributed by atoms with Gasteiger partial charge < -0.3 is 15.1 Å². The van der Waals surface area contributed by atoms with Gasteiger partial charge in [0.25, 0.3) is 5.56 Å². The van der Waals surface area contributed by atoms with Gasteiger partial charge in [-0.2, -0.15) is 13.2 Å². The van der Waals surface area contributed by atoms with Crippen LogP contribution in [-0.2, 0) is 24.4 Å². The van der Waals surface area contributed by atoms with Gasteiger partial charge in [0.1, 0.15) is 5.69 Å². The number of allylic oxidation sites excluding steroid dienone is 1. The van der Waals surface area contributed by atoms with Crippen LogP contribution in [0.15, 0.2) is 132 Å². The maximum atomic E-state index is 14.3. The molecule has 2 unspecified atom stereocenters. The number of rotatable bonds is 7. The van der Waals surface area contributed by atoms with Gasteiger partial charge in [0.2, 0.25) is 0 Å². The van der Waals surface area contributed by atoms with Crippen LogP contribution in [0.3, 0.4) is 0 Å². The highest BCUT2D eigenvalue weighted by molar-refractivity contribution is 5.71. The van der Waals surface area contributed by atoms with Crippen LogP contribution in [0.25, 0.3) is 5.69 Å². The number of halogens is 3. The Kier molecular flexibility index (Phi) is 7.69. The highest BCUT2D eigenvalue weighted by Crippen LogP contribution is 2.53. The van der Waals surface area contributed by atoms with Crippen molar-refractivity contribution in [3.05, 3.63) is 165 Å². The van der Waals surface area contributed by atoms with Crippen LogP contribution in [0.4, 0.5) is 18.9 Å². The maximum absolute atomic E-state index is 14.3. The summed E-state index contributed by atoms with van der Waals surface area (Å²) in [6.45, 7) is 0. The van der Waals surface area contributed by atoms with Gasteiger partial charge >= 0.3 is 6.18 Å². The first-order valence-electron chi connectivity index (χ1n) is 15.5. The second-order valence-corrected chi connectivity index (χ2v) is 12.4. The summed E-state index contributed by atoms with van der Waals surface area (Å²) in [4.78, 5) is 15.4. The first-order chi connectivity index (χ1) is 22.6. The van der Waals surface area contributed by atoms with Gasteiger partial charge in [-0.3, -0.25) is 9.89 Å². The fourth-order valence-corrected chi connectivity index (χ4v) is 7.50. The van der Waals surface area contributed by atoms with Crippen LogP contribution in [0.2, 0.25) is 0 Å². The number of nitrogens with zero attached hydrogens (tertiary/aromatic N) is 2. The number of H-pyrrole nitrogens is 1. The van der Waals surface area contributed by atoms with E-state index in [4.69, 9.17) is 0 Å². The molecule has 4 aromatic carbocycles. The van der Waals surface area contributed by atoms with Gasteiger partial charge in [-0.25, -0.2) is 4.68 Å². The van der Waals surface area contributed by atoms with Gasteiger partial charge in [-0.1, -0.05) is 103 Å². The number of para-hydroxylation sites is 2. The summed E-state index contributed by atoms with van der Waals surface area (Å²) < 4.78 is 43.6. The second kappa shape index (κ2) is 11.7. The third kappa shape index (κ3) is 5.20. The molecule has 1 fully saturated rings. The first-order valence-corrected chi connectivity index (χ1v) is 15.5. The zero-order valence-corrected chi connectivity index (χ0v) is 25.5. The molecule has 2 atom stereocenters. The molecule has 6 nitrogen and oxygen atoms in total. The Bertz CT molecular complexity index is 1920. The van der Waals surface area contributed by atoms with Gasteiger partial charge in [-0.05, 0) is 59.6 Å². The second-order valence-electron chi connectivity index (χ2n) is 12.4. The van der Waals surface area contributed by atoms with Gasteiger partial charge in [0.15, 0.2) is 0 Å². The lowest BCUT2D eigenvalue weighted by Gasteiger charge is -2.60. The van der Waals surface area contributed by atoms with Crippen molar-refractivity contribution in [2.45, 2.75) is 42.6 Å². The lowest BCUT2D eigenvalue weighted by Crippen LogP contribution is -2.66. The Balaban J connectivity index is 1.33. The molecule has 1 aromatic heterocycles. The lowest BCUT2D eigenvalue weighted by atomic mass is 9.63. The SMILES string of the molecule is CN1C(=CC2C([O-])C(c3c(C(F)(F)F)[nH]n(-c4ccccc4)c3=O)C2[O-])C(Cc2ccccc2)(Cc2ccccc2)c2ccccc21. The number of benzene rings is 4. The molecule has 2 aliphatic rings. The molecule has 9 heteroatoms. The quantitative estimate of drug-likeness (QED) is 0.269. The fourth-order valence-electron chi connectivity index (χ4n) is 7.50. The highest BCUT2D eigenvalue weighted by Gasteiger charge is 2.50. The average Bonchev–Trinajstić information content (AvgIpc) is 3.53. The topological polar surface area (TPSA) is 87.2 Å². The highest BCUT2D eigenvalue weighted by atomic mass is 19.4. The molecule has 1 saturated carbocycles. The minimum Gasteiger partial charge on any atom is -0.851 e. The Morgan fingerprint density at radius 1 is 0.787 bits per heavy atom. The molecule has 1 N–H and O–H groups in total. The van der Waals surface area contributed by atoms with E-state index in [2.05, 4.69) is 11.2 Å². The van der Waals surface area contributed by atoms with Crippen LogP contribution < -0.4 is 20.7 Å². The molecule has 1 aliphatic heterocycles. The summed E-state index contributed by atoms with van der Waals surface area (Å²) in [5.41, 5.74) is 1.17.